The first-order chi connectivity index (χ1) is 10.5. The molecule has 0 fully saturated rings. The van der Waals surface area contributed by atoms with Crippen LogP contribution in [0.3, 0.4) is 0 Å². The van der Waals surface area contributed by atoms with Gasteiger partial charge in [0.15, 0.2) is 0 Å². The zero-order valence-corrected chi connectivity index (χ0v) is 12.5. The Kier molecular flexibility index (Phi) is 4.91. The average Bonchev–Trinajstić information content (AvgIpc) is 2.51. The highest BCUT2D eigenvalue weighted by atomic mass is 16.5. The monoisotopic (exact) mass is 298 g/mol. The molecular weight excluding hydrogens is 280 g/mol. The van der Waals surface area contributed by atoms with E-state index in [4.69, 9.17) is 5.21 Å². The van der Waals surface area contributed by atoms with Crippen LogP contribution < -0.4 is 10.8 Å². The normalized spacial score (nSPS) is 10.1. The van der Waals surface area contributed by atoms with Crippen molar-refractivity contribution in [3.8, 4) is 0 Å². The van der Waals surface area contributed by atoms with Crippen molar-refractivity contribution in [3.63, 3.8) is 0 Å². The van der Waals surface area contributed by atoms with Gasteiger partial charge in [-0.2, -0.15) is 0 Å². The number of hydrogen-bond donors (Lipinski definition) is 3. The van der Waals surface area contributed by atoms with Gasteiger partial charge in [0.25, 0.3) is 5.91 Å². The van der Waals surface area contributed by atoms with Crippen LogP contribution in [0.1, 0.15) is 27.0 Å². The van der Waals surface area contributed by atoms with Gasteiger partial charge in [-0.15, -0.1) is 0 Å². The molecule has 2 aromatic rings. The minimum atomic E-state index is -0.480. The van der Waals surface area contributed by atoms with E-state index in [0.717, 1.165) is 16.7 Å². The number of carbonyl (C=O) groups excluding carboxylic acids is 2. The van der Waals surface area contributed by atoms with Crippen molar-refractivity contribution in [1.29, 1.82) is 0 Å². The molecule has 5 heteroatoms. The Bertz CT molecular complexity index is 694. The number of amides is 2. The molecule has 0 atom stereocenters. The Morgan fingerprint density at radius 3 is 2.27 bits per heavy atom. The topological polar surface area (TPSA) is 78.4 Å². The maximum absolute atomic E-state index is 12.2. The molecule has 0 aliphatic carbocycles. The van der Waals surface area contributed by atoms with E-state index in [-0.39, 0.29) is 12.3 Å². The van der Waals surface area contributed by atoms with E-state index >= 15 is 0 Å². The largest absolute Gasteiger partial charge is 0.322 e. The molecule has 0 radical (unpaired) electrons. The molecule has 2 rings (SSSR count). The number of benzene rings is 2. The van der Waals surface area contributed by atoms with Crippen molar-refractivity contribution in [2.75, 3.05) is 5.32 Å². The van der Waals surface area contributed by atoms with Crippen LogP contribution in [0.15, 0.2) is 42.5 Å². The quantitative estimate of drug-likeness (QED) is 0.599. The third kappa shape index (κ3) is 3.93. The van der Waals surface area contributed by atoms with Gasteiger partial charge in [-0.05, 0) is 54.8 Å². The van der Waals surface area contributed by atoms with Crippen LogP contribution in [-0.4, -0.2) is 17.0 Å². The van der Waals surface area contributed by atoms with E-state index in [1.165, 1.54) is 0 Å². The lowest BCUT2D eigenvalue weighted by atomic mass is 10.1. The predicted molar refractivity (Wildman–Crippen MR) is 83.9 cm³/mol. The predicted octanol–water partition coefficient (Wildman–Crippen LogP) is 2.60. The number of aryl methyl sites for hydroxylation is 2. The highest BCUT2D eigenvalue weighted by Gasteiger charge is 2.08. The zero-order chi connectivity index (χ0) is 16.1. The molecule has 3 N–H and O–H groups in total. The summed E-state index contributed by atoms with van der Waals surface area (Å²) in [7, 11) is 0. The summed E-state index contributed by atoms with van der Waals surface area (Å²) in [5.41, 5.74) is 5.79. The zero-order valence-electron chi connectivity index (χ0n) is 12.5. The fraction of sp³-hybridized carbons (Fsp3) is 0.176. The third-order valence-corrected chi connectivity index (χ3v) is 3.47. The maximum Gasteiger partial charge on any atom is 0.255 e. The fourth-order valence-corrected chi connectivity index (χ4v) is 2.02. The van der Waals surface area contributed by atoms with Crippen molar-refractivity contribution in [2.24, 2.45) is 0 Å². The molecule has 0 spiro atoms. The summed E-state index contributed by atoms with van der Waals surface area (Å²) in [6.45, 7) is 3.96. The van der Waals surface area contributed by atoms with E-state index in [1.807, 2.05) is 26.0 Å². The Labute approximate surface area is 128 Å². The Morgan fingerprint density at radius 2 is 1.68 bits per heavy atom. The van der Waals surface area contributed by atoms with Crippen LogP contribution in [0.4, 0.5) is 5.69 Å². The third-order valence-electron chi connectivity index (χ3n) is 3.47. The smallest absolute Gasteiger partial charge is 0.255 e. The van der Waals surface area contributed by atoms with E-state index < -0.39 is 5.91 Å². The molecular formula is C17H18N2O3. The van der Waals surface area contributed by atoms with Crippen LogP contribution in [0.25, 0.3) is 0 Å². The summed E-state index contributed by atoms with van der Waals surface area (Å²) >= 11 is 0. The van der Waals surface area contributed by atoms with Gasteiger partial charge in [-0.3, -0.25) is 14.8 Å². The van der Waals surface area contributed by atoms with Gasteiger partial charge < -0.3 is 5.32 Å². The lowest BCUT2D eigenvalue weighted by Gasteiger charge is -2.08. The summed E-state index contributed by atoms with van der Waals surface area (Å²) in [5.74, 6) is -0.657. The molecule has 0 saturated heterocycles. The molecule has 0 aromatic heterocycles. The summed E-state index contributed by atoms with van der Waals surface area (Å²) < 4.78 is 0. The SMILES string of the molecule is Cc1ccc(C(=O)Nc2ccc(CC(=O)NO)cc2)cc1C. The second-order valence-corrected chi connectivity index (χ2v) is 5.16. The standard InChI is InChI=1S/C17H18N2O3/c1-11-3-6-14(9-12(11)2)17(21)18-15-7-4-13(5-8-15)10-16(20)19-22/h3-9,22H,10H2,1-2H3,(H,18,21)(H,19,20). The Hall–Kier alpha value is -2.66. The highest BCUT2D eigenvalue weighted by molar-refractivity contribution is 6.04. The van der Waals surface area contributed by atoms with Crippen molar-refractivity contribution in [2.45, 2.75) is 20.3 Å². The van der Waals surface area contributed by atoms with Crippen LogP contribution in [0.2, 0.25) is 0 Å². The minimum Gasteiger partial charge on any atom is -0.322 e. The number of carbonyl (C=O) groups is 2. The molecule has 0 saturated carbocycles. The summed E-state index contributed by atoms with van der Waals surface area (Å²) in [6, 6.07) is 12.5. The molecule has 0 unspecified atom stereocenters. The number of nitrogens with one attached hydrogen (secondary N) is 2. The lowest BCUT2D eigenvalue weighted by Crippen LogP contribution is -2.20. The number of rotatable bonds is 4. The molecule has 5 nitrogen and oxygen atoms in total. The van der Waals surface area contributed by atoms with Crippen LogP contribution >= 0.6 is 0 Å². The van der Waals surface area contributed by atoms with E-state index in [9.17, 15) is 9.59 Å². The second kappa shape index (κ2) is 6.87. The summed E-state index contributed by atoms with van der Waals surface area (Å²) in [4.78, 5) is 23.2. The Morgan fingerprint density at radius 1 is 1.00 bits per heavy atom. The highest BCUT2D eigenvalue weighted by Crippen LogP contribution is 2.14. The van der Waals surface area contributed by atoms with E-state index in [1.54, 1.807) is 35.8 Å². The molecule has 0 bridgehead atoms. The van der Waals surface area contributed by atoms with Crippen LogP contribution in [-0.2, 0) is 11.2 Å². The first kappa shape index (κ1) is 15.7. The van der Waals surface area contributed by atoms with Gasteiger partial charge in [0.2, 0.25) is 5.91 Å². The number of hydroxylamine groups is 1. The molecule has 2 amide bonds. The summed E-state index contributed by atoms with van der Waals surface area (Å²) in [6.07, 6.45) is 0.0852. The maximum atomic E-state index is 12.2. The average molecular weight is 298 g/mol. The first-order valence-electron chi connectivity index (χ1n) is 6.90. The van der Waals surface area contributed by atoms with Gasteiger partial charge in [0.05, 0.1) is 6.42 Å². The lowest BCUT2D eigenvalue weighted by molar-refractivity contribution is -0.128. The molecule has 2 aromatic carbocycles. The second-order valence-electron chi connectivity index (χ2n) is 5.16. The van der Waals surface area contributed by atoms with Crippen LogP contribution in [0, 0.1) is 13.8 Å². The minimum absolute atomic E-state index is 0.0852. The van der Waals surface area contributed by atoms with Crippen molar-refractivity contribution < 1.29 is 14.8 Å². The number of hydrogen-bond acceptors (Lipinski definition) is 3. The van der Waals surface area contributed by atoms with E-state index in [2.05, 4.69) is 5.32 Å². The number of anilines is 1. The fourth-order valence-electron chi connectivity index (χ4n) is 2.02. The van der Waals surface area contributed by atoms with Crippen molar-refractivity contribution in [1.82, 2.24) is 5.48 Å². The Balaban J connectivity index is 2.05. The first-order valence-corrected chi connectivity index (χ1v) is 6.90. The van der Waals surface area contributed by atoms with Gasteiger partial charge in [0, 0.05) is 11.3 Å². The van der Waals surface area contributed by atoms with E-state index in [0.29, 0.717) is 11.3 Å². The summed E-state index contributed by atoms with van der Waals surface area (Å²) in [5, 5.41) is 11.3. The van der Waals surface area contributed by atoms with Gasteiger partial charge in [-0.1, -0.05) is 18.2 Å². The van der Waals surface area contributed by atoms with Gasteiger partial charge >= 0.3 is 0 Å². The molecule has 0 aliphatic heterocycles. The van der Waals surface area contributed by atoms with Crippen LogP contribution in [0.5, 0.6) is 0 Å². The van der Waals surface area contributed by atoms with Crippen molar-refractivity contribution in [3.05, 3.63) is 64.7 Å². The van der Waals surface area contributed by atoms with Crippen molar-refractivity contribution >= 4 is 17.5 Å². The molecule has 22 heavy (non-hydrogen) atoms. The molecule has 0 aliphatic rings. The molecule has 114 valence electrons. The molecule has 0 heterocycles. The van der Waals surface area contributed by atoms with Gasteiger partial charge in [0.1, 0.15) is 0 Å². The van der Waals surface area contributed by atoms with Gasteiger partial charge in [-0.25, -0.2) is 5.48 Å².